The van der Waals surface area contributed by atoms with Gasteiger partial charge >= 0.3 is 0 Å². The third-order valence-electron chi connectivity index (χ3n) is 9.62. The van der Waals surface area contributed by atoms with Crippen LogP contribution in [0.3, 0.4) is 0 Å². The Morgan fingerprint density at radius 3 is 2.18 bits per heavy atom. The summed E-state index contributed by atoms with van der Waals surface area (Å²) in [5.74, 6) is -1.07. The van der Waals surface area contributed by atoms with Gasteiger partial charge in [0.15, 0.2) is 11.5 Å². The molecule has 10 heteroatoms. The van der Waals surface area contributed by atoms with Gasteiger partial charge in [-0.3, -0.25) is 14.5 Å². The molecule has 5 rings (SSSR count). The molecule has 0 bridgehead atoms. The zero-order valence-electron chi connectivity index (χ0n) is 25.6. The van der Waals surface area contributed by atoms with Gasteiger partial charge in [-0.1, -0.05) is 43.3 Å². The second-order valence-electron chi connectivity index (χ2n) is 11.6. The number of methoxy groups -OCH3 is 3. The van der Waals surface area contributed by atoms with Gasteiger partial charge < -0.3 is 24.8 Å². The second kappa shape index (κ2) is 12.4. The Hall–Kier alpha value is -4.18. The molecule has 3 unspecified atom stereocenters. The van der Waals surface area contributed by atoms with Crippen LogP contribution in [0, 0.1) is 11.6 Å². The van der Waals surface area contributed by atoms with Crippen LogP contribution in [0.15, 0.2) is 60.7 Å². The van der Waals surface area contributed by atoms with Crippen molar-refractivity contribution in [3.05, 3.63) is 89.0 Å². The number of nitrogens with zero attached hydrogens (tertiary/aromatic N) is 2. The number of primary amides is 1. The van der Waals surface area contributed by atoms with E-state index < -0.39 is 28.4 Å². The number of nitrogens with two attached hydrogens (primary N) is 1. The molecule has 2 fully saturated rings. The number of likely N-dealkylation sites (tertiary alicyclic amines) is 2. The summed E-state index contributed by atoms with van der Waals surface area (Å²) in [7, 11) is 4.44. The van der Waals surface area contributed by atoms with Crippen LogP contribution in [0.25, 0.3) is 0 Å². The summed E-state index contributed by atoms with van der Waals surface area (Å²) >= 11 is 0. The lowest BCUT2D eigenvalue weighted by Crippen LogP contribution is -2.61. The summed E-state index contributed by atoms with van der Waals surface area (Å²) in [6, 6.07) is 15.9. The summed E-state index contributed by atoms with van der Waals surface area (Å²) in [6.07, 6.45) is 1.23. The van der Waals surface area contributed by atoms with Crippen LogP contribution in [0.1, 0.15) is 47.7 Å². The van der Waals surface area contributed by atoms with Crippen LogP contribution in [-0.4, -0.2) is 75.2 Å². The van der Waals surface area contributed by atoms with Gasteiger partial charge in [-0.25, -0.2) is 8.78 Å². The maximum Gasteiger partial charge on any atom is 0.254 e. The van der Waals surface area contributed by atoms with Crippen molar-refractivity contribution in [1.82, 2.24) is 9.80 Å². The van der Waals surface area contributed by atoms with Gasteiger partial charge in [0, 0.05) is 36.2 Å². The van der Waals surface area contributed by atoms with Crippen LogP contribution in [0.2, 0.25) is 0 Å². The highest BCUT2D eigenvalue weighted by atomic mass is 19.1. The van der Waals surface area contributed by atoms with Crippen molar-refractivity contribution in [2.75, 3.05) is 47.5 Å². The molecular weight excluding hydrogens is 568 g/mol. The first-order valence-electron chi connectivity index (χ1n) is 14.8. The zero-order valence-corrected chi connectivity index (χ0v) is 25.6. The van der Waals surface area contributed by atoms with E-state index in [-0.39, 0.29) is 18.5 Å². The Bertz CT molecular complexity index is 1510. The summed E-state index contributed by atoms with van der Waals surface area (Å²) in [5.41, 5.74) is 5.66. The van der Waals surface area contributed by atoms with Gasteiger partial charge in [0.05, 0.1) is 26.7 Å². The van der Waals surface area contributed by atoms with Crippen molar-refractivity contribution in [2.24, 2.45) is 5.73 Å². The number of hydrogen-bond donors (Lipinski definition) is 1. The van der Waals surface area contributed by atoms with Crippen molar-refractivity contribution in [1.29, 1.82) is 0 Å². The molecule has 2 heterocycles. The highest BCUT2D eigenvalue weighted by Gasteiger charge is 2.56. The Morgan fingerprint density at radius 2 is 1.61 bits per heavy atom. The van der Waals surface area contributed by atoms with E-state index in [1.165, 1.54) is 33.5 Å². The van der Waals surface area contributed by atoms with E-state index in [9.17, 15) is 14.0 Å². The van der Waals surface area contributed by atoms with Crippen LogP contribution < -0.4 is 19.9 Å². The first kappa shape index (κ1) is 31.3. The average molecular weight is 608 g/mol. The van der Waals surface area contributed by atoms with Crippen molar-refractivity contribution >= 4 is 11.8 Å². The van der Waals surface area contributed by atoms with Gasteiger partial charge in [0.1, 0.15) is 11.6 Å². The molecule has 8 nitrogen and oxygen atoms in total. The first-order chi connectivity index (χ1) is 21.1. The zero-order chi connectivity index (χ0) is 31.6. The van der Waals surface area contributed by atoms with Crippen molar-refractivity contribution < 1.29 is 32.6 Å². The maximum absolute atomic E-state index is 15.8. The largest absolute Gasteiger partial charge is 0.493 e. The van der Waals surface area contributed by atoms with Crippen LogP contribution >= 0.6 is 0 Å². The number of piperidine rings is 1. The highest BCUT2D eigenvalue weighted by molar-refractivity contribution is 5.96. The quantitative estimate of drug-likeness (QED) is 0.380. The fourth-order valence-corrected chi connectivity index (χ4v) is 7.32. The number of carbonyl (C=O) groups is 2. The van der Waals surface area contributed by atoms with Crippen molar-refractivity contribution in [2.45, 2.75) is 43.1 Å². The van der Waals surface area contributed by atoms with Gasteiger partial charge in [-0.2, -0.15) is 0 Å². The Labute approximate surface area is 256 Å². The first-order valence-corrected chi connectivity index (χ1v) is 14.8. The highest BCUT2D eigenvalue weighted by Crippen LogP contribution is 2.49. The summed E-state index contributed by atoms with van der Waals surface area (Å²) in [6.45, 7) is 3.67. The molecule has 0 spiro atoms. The van der Waals surface area contributed by atoms with E-state index in [0.717, 1.165) is 11.6 Å². The lowest BCUT2D eigenvalue weighted by Gasteiger charge is -2.52. The summed E-state index contributed by atoms with van der Waals surface area (Å²) in [4.78, 5) is 31.3. The molecule has 234 valence electrons. The Balaban J connectivity index is 1.61. The Morgan fingerprint density at radius 1 is 0.932 bits per heavy atom. The third-order valence-corrected chi connectivity index (χ3v) is 9.62. The SMILES string of the molecule is CCN1CCC(C(N)=O)(c2ccccc2)CC1C1(c2ccc(F)cc2F)CCN(C(=O)c2cc(OC)c(OC)c(OC)c2)C1. The predicted octanol–water partition coefficient (Wildman–Crippen LogP) is 4.68. The van der Waals surface area contributed by atoms with Crippen LogP contribution in [-0.2, 0) is 15.6 Å². The molecule has 2 aliphatic heterocycles. The number of rotatable bonds is 9. The van der Waals surface area contributed by atoms with Crippen LogP contribution in [0.5, 0.6) is 17.2 Å². The lowest BCUT2D eigenvalue weighted by atomic mass is 9.61. The van der Waals surface area contributed by atoms with Crippen molar-refractivity contribution in [3.8, 4) is 17.2 Å². The predicted molar refractivity (Wildman–Crippen MR) is 162 cm³/mol. The number of benzene rings is 3. The van der Waals surface area contributed by atoms with E-state index in [4.69, 9.17) is 19.9 Å². The van der Waals surface area contributed by atoms with Crippen LogP contribution in [0.4, 0.5) is 8.78 Å². The van der Waals surface area contributed by atoms with E-state index in [1.807, 2.05) is 37.3 Å². The van der Waals surface area contributed by atoms with E-state index in [2.05, 4.69) is 4.90 Å². The van der Waals surface area contributed by atoms with Gasteiger partial charge in [0.2, 0.25) is 11.7 Å². The molecular formula is C34H39F2N3O5. The molecule has 3 aromatic carbocycles. The second-order valence-corrected chi connectivity index (χ2v) is 11.6. The average Bonchev–Trinajstić information content (AvgIpc) is 3.49. The minimum absolute atomic E-state index is 0.149. The lowest BCUT2D eigenvalue weighted by molar-refractivity contribution is -0.127. The normalized spacial score (nSPS) is 23.8. The topological polar surface area (TPSA) is 94.3 Å². The third kappa shape index (κ3) is 5.25. The molecule has 0 aromatic heterocycles. The molecule has 2 N–H and O–H groups in total. The fraction of sp³-hybridized carbons (Fsp3) is 0.412. The monoisotopic (exact) mass is 607 g/mol. The fourth-order valence-electron chi connectivity index (χ4n) is 7.32. The van der Waals surface area contributed by atoms with Gasteiger partial charge in [-0.15, -0.1) is 0 Å². The molecule has 2 saturated heterocycles. The number of carbonyl (C=O) groups excluding carboxylic acids is 2. The maximum atomic E-state index is 15.8. The summed E-state index contributed by atoms with van der Waals surface area (Å²) < 4.78 is 46.4. The molecule has 0 radical (unpaired) electrons. The molecule has 2 amide bonds. The molecule has 3 aromatic rings. The molecule has 0 saturated carbocycles. The van der Waals surface area contributed by atoms with Crippen molar-refractivity contribution in [3.63, 3.8) is 0 Å². The number of hydrogen-bond acceptors (Lipinski definition) is 6. The van der Waals surface area contributed by atoms with E-state index in [1.54, 1.807) is 17.0 Å². The molecule has 2 aliphatic rings. The Kier molecular flexibility index (Phi) is 8.83. The smallest absolute Gasteiger partial charge is 0.254 e. The summed E-state index contributed by atoms with van der Waals surface area (Å²) in [5, 5.41) is 0. The number of amides is 2. The minimum Gasteiger partial charge on any atom is -0.493 e. The standard InChI is InChI=1S/C34H39F2N3O5/c1-5-38-15-13-33(32(37)41,23-9-7-6-8-10-23)20-29(38)34(25-12-11-24(35)19-26(25)36)14-16-39(21-34)31(40)22-17-27(42-2)30(44-4)28(18-22)43-3/h6-12,17-19,29H,5,13-16,20-21H2,1-4H3,(H2,37,41). The number of ether oxygens (including phenoxy) is 3. The molecule has 3 atom stereocenters. The molecule has 0 aliphatic carbocycles. The molecule has 44 heavy (non-hydrogen) atoms. The van der Waals surface area contributed by atoms with E-state index >= 15 is 4.39 Å². The number of halogens is 2. The minimum atomic E-state index is -0.991. The van der Waals surface area contributed by atoms with Gasteiger partial charge in [-0.05, 0) is 61.7 Å². The number of likely N-dealkylation sites (N-methyl/N-ethyl adjacent to an activating group) is 1. The van der Waals surface area contributed by atoms with Gasteiger partial charge in [0.25, 0.3) is 5.91 Å². The van der Waals surface area contributed by atoms with E-state index in [0.29, 0.717) is 67.3 Å².